The van der Waals surface area contributed by atoms with E-state index in [4.69, 9.17) is 11.6 Å². The molecular formula is C25H30ClN3O2. The molecule has 1 fully saturated rings. The third-order valence-electron chi connectivity index (χ3n) is 6.44. The van der Waals surface area contributed by atoms with Crippen molar-refractivity contribution in [1.82, 2.24) is 14.8 Å². The second kappa shape index (κ2) is 9.43. The van der Waals surface area contributed by atoms with Crippen LogP contribution in [0.1, 0.15) is 24.5 Å². The third-order valence-corrected chi connectivity index (χ3v) is 6.67. The van der Waals surface area contributed by atoms with Crippen LogP contribution >= 0.6 is 11.6 Å². The molecule has 164 valence electrons. The van der Waals surface area contributed by atoms with Crippen LogP contribution in [0.25, 0.3) is 10.9 Å². The maximum Gasteiger partial charge on any atom is 0.229 e. The summed E-state index contributed by atoms with van der Waals surface area (Å²) in [5.74, 6) is -0.384. The number of carbonyl (C=O) groups is 1. The van der Waals surface area contributed by atoms with Crippen molar-refractivity contribution in [3.63, 3.8) is 0 Å². The lowest BCUT2D eigenvalue weighted by molar-refractivity contribution is -0.147. The first-order valence-electron chi connectivity index (χ1n) is 10.9. The number of benzene rings is 2. The van der Waals surface area contributed by atoms with Crippen molar-refractivity contribution in [3.05, 3.63) is 70.9 Å². The fraction of sp³-hybridized carbons (Fsp3) is 0.400. The quantitative estimate of drug-likeness (QED) is 0.582. The van der Waals surface area contributed by atoms with Gasteiger partial charge in [-0.2, -0.15) is 0 Å². The van der Waals surface area contributed by atoms with Gasteiger partial charge in [-0.3, -0.25) is 9.69 Å². The first-order valence-corrected chi connectivity index (χ1v) is 11.3. The number of H-pyrrole nitrogens is 1. The van der Waals surface area contributed by atoms with Crippen LogP contribution in [0.15, 0.2) is 54.7 Å². The van der Waals surface area contributed by atoms with Crippen molar-refractivity contribution in [2.24, 2.45) is 5.92 Å². The minimum absolute atomic E-state index is 0.00387. The number of halogens is 1. The lowest BCUT2D eigenvalue weighted by Crippen LogP contribution is -2.56. The molecule has 0 radical (unpaired) electrons. The van der Waals surface area contributed by atoms with Gasteiger partial charge in [-0.15, -0.1) is 0 Å². The lowest BCUT2D eigenvalue weighted by Gasteiger charge is -2.43. The molecular weight excluding hydrogens is 410 g/mol. The molecule has 1 saturated heterocycles. The first kappa shape index (κ1) is 21.9. The highest BCUT2D eigenvalue weighted by atomic mass is 35.5. The lowest BCUT2D eigenvalue weighted by atomic mass is 9.85. The molecule has 1 aliphatic rings. The molecule has 0 bridgehead atoms. The van der Waals surface area contributed by atoms with Crippen molar-refractivity contribution in [3.8, 4) is 0 Å². The number of hydrogen-bond donors (Lipinski definition) is 2. The molecule has 0 aliphatic carbocycles. The predicted molar refractivity (Wildman–Crippen MR) is 125 cm³/mol. The van der Waals surface area contributed by atoms with E-state index in [1.54, 1.807) is 6.92 Å². The highest BCUT2D eigenvalue weighted by molar-refractivity contribution is 6.30. The summed E-state index contributed by atoms with van der Waals surface area (Å²) in [4.78, 5) is 20.7. The van der Waals surface area contributed by atoms with Crippen LogP contribution in [-0.2, 0) is 17.8 Å². The number of amides is 1. The number of aliphatic hydroxyl groups excluding tert-OH is 1. The van der Waals surface area contributed by atoms with Crippen molar-refractivity contribution in [1.29, 1.82) is 0 Å². The topological polar surface area (TPSA) is 59.6 Å². The number of para-hydroxylation sites is 1. The summed E-state index contributed by atoms with van der Waals surface area (Å²) in [6.07, 6.45) is 2.97. The molecule has 0 saturated carbocycles. The Labute approximate surface area is 188 Å². The monoisotopic (exact) mass is 439 g/mol. The standard InChI is InChI=1S/C25H30ClN3O2/c1-17(30)24-23(28(2)16-18-6-5-7-20(26)14-18)11-13-29(25(24)31)12-10-19-15-27-22-9-4-3-8-21(19)22/h3-9,14-15,17,23-24,27,30H,10-13,16H2,1-2H3/t17?,23-,24-/m0/s1. The molecule has 0 spiro atoms. The van der Waals surface area contributed by atoms with Gasteiger partial charge in [0.25, 0.3) is 0 Å². The van der Waals surface area contributed by atoms with Crippen LogP contribution in [0, 0.1) is 5.92 Å². The summed E-state index contributed by atoms with van der Waals surface area (Å²) in [7, 11) is 2.02. The largest absolute Gasteiger partial charge is 0.393 e. The van der Waals surface area contributed by atoms with Crippen molar-refractivity contribution >= 4 is 28.4 Å². The number of nitrogens with one attached hydrogen (secondary N) is 1. The molecule has 3 atom stereocenters. The van der Waals surface area contributed by atoms with Crippen LogP contribution < -0.4 is 0 Å². The molecule has 2 aromatic carbocycles. The minimum Gasteiger partial charge on any atom is -0.393 e. The number of nitrogens with zero attached hydrogens (tertiary/aromatic N) is 2. The van der Waals surface area contributed by atoms with Gasteiger partial charge in [0.1, 0.15) is 0 Å². The number of rotatable bonds is 7. The van der Waals surface area contributed by atoms with E-state index in [1.807, 2.05) is 54.5 Å². The Morgan fingerprint density at radius 3 is 2.84 bits per heavy atom. The minimum atomic E-state index is -0.699. The van der Waals surface area contributed by atoms with Crippen LogP contribution in [0.5, 0.6) is 0 Å². The Morgan fingerprint density at radius 2 is 2.06 bits per heavy atom. The summed E-state index contributed by atoms with van der Waals surface area (Å²) >= 11 is 6.13. The van der Waals surface area contributed by atoms with E-state index in [2.05, 4.69) is 22.0 Å². The van der Waals surface area contributed by atoms with E-state index >= 15 is 0 Å². The van der Waals surface area contributed by atoms with Crippen molar-refractivity contribution in [2.45, 2.75) is 38.5 Å². The normalized spacial score (nSPS) is 20.5. The Bertz CT molecular complexity index is 1050. The maximum atomic E-state index is 13.3. The number of fused-ring (bicyclic) bond motifs is 1. The molecule has 4 rings (SSSR count). The Kier molecular flexibility index (Phi) is 6.65. The SMILES string of the molecule is CC(O)[C@@H]1C(=O)N(CCc2c[nH]c3ccccc23)CC[C@@H]1N(C)Cc1cccc(Cl)c1. The Hall–Kier alpha value is -2.34. The predicted octanol–water partition coefficient (Wildman–Crippen LogP) is 4.09. The van der Waals surface area contributed by atoms with E-state index in [-0.39, 0.29) is 11.9 Å². The number of aromatic amines is 1. The first-order chi connectivity index (χ1) is 14.9. The maximum absolute atomic E-state index is 13.3. The van der Waals surface area contributed by atoms with E-state index in [0.717, 1.165) is 23.9 Å². The molecule has 6 heteroatoms. The molecule has 31 heavy (non-hydrogen) atoms. The zero-order valence-corrected chi connectivity index (χ0v) is 18.8. The fourth-order valence-electron chi connectivity index (χ4n) is 4.83. The smallest absolute Gasteiger partial charge is 0.229 e. The summed E-state index contributed by atoms with van der Waals surface area (Å²) in [6.45, 7) is 3.78. The van der Waals surface area contributed by atoms with Gasteiger partial charge in [-0.1, -0.05) is 41.9 Å². The average molecular weight is 440 g/mol. The number of carbonyl (C=O) groups excluding carboxylic acids is 1. The highest BCUT2D eigenvalue weighted by Crippen LogP contribution is 2.28. The third kappa shape index (κ3) is 4.79. The van der Waals surface area contributed by atoms with E-state index in [0.29, 0.717) is 24.7 Å². The number of hydrogen-bond acceptors (Lipinski definition) is 3. The molecule has 2 N–H and O–H groups in total. The van der Waals surface area contributed by atoms with Gasteiger partial charge >= 0.3 is 0 Å². The zero-order chi connectivity index (χ0) is 22.0. The van der Waals surface area contributed by atoms with E-state index < -0.39 is 12.0 Å². The van der Waals surface area contributed by atoms with Gasteiger partial charge in [0.05, 0.1) is 12.0 Å². The van der Waals surface area contributed by atoms with Gasteiger partial charge in [0.2, 0.25) is 5.91 Å². The number of likely N-dealkylation sites (tertiary alicyclic amines) is 1. The second-order valence-corrected chi connectivity index (χ2v) is 9.04. The van der Waals surface area contributed by atoms with Crippen LogP contribution in [0.2, 0.25) is 5.02 Å². The van der Waals surface area contributed by atoms with Gasteiger partial charge in [0.15, 0.2) is 0 Å². The molecule has 1 aliphatic heterocycles. The fourth-order valence-corrected chi connectivity index (χ4v) is 5.04. The molecule has 1 amide bonds. The second-order valence-electron chi connectivity index (χ2n) is 8.60. The summed E-state index contributed by atoms with van der Waals surface area (Å²) in [6, 6.07) is 16.0. The zero-order valence-electron chi connectivity index (χ0n) is 18.1. The molecule has 1 aromatic heterocycles. The Morgan fingerprint density at radius 1 is 1.26 bits per heavy atom. The summed E-state index contributed by atoms with van der Waals surface area (Å²) in [5, 5.41) is 12.4. The van der Waals surface area contributed by atoms with Gasteiger partial charge in [-0.05, 0) is 56.1 Å². The van der Waals surface area contributed by atoms with Gasteiger partial charge in [0, 0.05) is 47.8 Å². The van der Waals surface area contributed by atoms with Crippen LogP contribution in [0.3, 0.4) is 0 Å². The number of piperidine rings is 1. The molecule has 2 heterocycles. The molecule has 1 unspecified atom stereocenters. The van der Waals surface area contributed by atoms with E-state index in [1.165, 1.54) is 10.9 Å². The van der Waals surface area contributed by atoms with Gasteiger partial charge in [-0.25, -0.2) is 0 Å². The van der Waals surface area contributed by atoms with Crippen LogP contribution in [0.4, 0.5) is 0 Å². The molecule has 3 aromatic rings. The Balaban J connectivity index is 1.43. The van der Waals surface area contributed by atoms with Crippen molar-refractivity contribution in [2.75, 3.05) is 20.1 Å². The van der Waals surface area contributed by atoms with Crippen molar-refractivity contribution < 1.29 is 9.90 Å². The number of aromatic nitrogens is 1. The van der Waals surface area contributed by atoms with Gasteiger partial charge < -0.3 is 15.0 Å². The summed E-state index contributed by atoms with van der Waals surface area (Å²) in [5.41, 5.74) is 3.44. The highest BCUT2D eigenvalue weighted by Gasteiger charge is 2.41. The van der Waals surface area contributed by atoms with E-state index in [9.17, 15) is 9.90 Å². The summed E-state index contributed by atoms with van der Waals surface area (Å²) < 4.78 is 0. The van der Waals surface area contributed by atoms with Crippen LogP contribution in [-0.4, -0.2) is 58.1 Å². The molecule has 5 nitrogen and oxygen atoms in total. The number of aliphatic hydroxyl groups is 1. The average Bonchev–Trinajstić information content (AvgIpc) is 3.15.